The summed E-state index contributed by atoms with van der Waals surface area (Å²) in [6.07, 6.45) is 0.751. The molecule has 0 aliphatic heterocycles. The molecule has 1 atom stereocenters. The van der Waals surface area contributed by atoms with Crippen molar-refractivity contribution in [1.29, 1.82) is 0 Å². The molecule has 0 amide bonds. The van der Waals surface area contributed by atoms with Crippen molar-refractivity contribution in [2.45, 2.75) is 26.3 Å². The van der Waals surface area contributed by atoms with Gasteiger partial charge >= 0.3 is 0 Å². The first-order chi connectivity index (χ1) is 9.86. The number of halogens is 3. The van der Waals surface area contributed by atoms with Crippen LogP contribution in [0.15, 0.2) is 34.8 Å². The van der Waals surface area contributed by atoms with E-state index in [4.69, 9.17) is 10.5 Å². The van der Waals surface area contributed by atoms with Gasteiger partial charge in [0.1, 0.15) is 5.75 Å². The summed E-state index contributed by atoms with van der Waals surface area (Å²) in [6.45, 7) is 3.78. The lowest BCUT2D eigenvalue weighted by molar-refractivity contribution is 0.413. The molecule has 1 unspecified atom stereocenters. The van der Waals surface area contributed by atoms with Crippen molar-refractivity contribution in [3.8, 4) is 11.5 Å². The Morgan fingerprint density at radius 1 is 1.19 bits per heavy atom. The van der Waals surface area contributed by atoms with Crippen LogP contribution < -0.4 is 10.5 Å². The molecule has 0 aliphatic rings. The van der Waals surface area contributed by atoms with Crippen LogP contribution in [0.1, 0.15) is 18.1 Å². The summed E-state index contributed by atoms with van der Waals surface area (Å²) in [5, 5.41) is 0. The van der Waals surface area contributed by atoms with Crippen LogP contribution in [0.2, 0.25) is 0 Å². The van der Waals surface area contributed by atoms with Crippen LogP contribution in [0, 0.1) is 18.6 Å². The highest BCUT2D eigenvalue weighted by atomic mass is 79.9. The summed E-state index contributed by atoms with van der Waals surface area (Å²) in [5.41, 5.74) is 7.68. The van der Waals surface area contributed by atoms with Gasteiger partial charge in [-0.25, -0.2) is 4.39 Å². The molecule has 112 valence electrons. The fraction of sp³-hybridized carbons (Fsp3) is 0.250. The van der Waals surface area contributed by atoms with Crippen LogP contribution >= 0.6 is 15.9 Å². The summed E-state index contributed by atoms with van der Waals surface area (Å²) in [5.74, 6) is -1.62. The zero-order valence-corrected chi connectivity index (χ0v) is 13.4. The predicted molar refractivity (Wildman–Crippen MR) is 82.7 cm³/mol. The van der Waals surface area contributed by atoms with Crippen LogP contribution in [0.4, 0.5) is 8.78 Å². The second-order valence-electron chi connectivity index (χ2n) is 5.08. The van der Waals surface area contributed by atoms with E-state index in [1.807, 2.05) is 26.0 Å². The molecule has 0 spiro atoms. The van der Waals surface area contributed by atoms with Crippen molar-refractivity contribution < 1.29 is 13.5 Å². The molecule has 21 heavy (non-hydrogen) atoms. The van der Waals surface area contributed by atoms with Crippen molar-refractivity contribution in [1.82, 2.24) is 0 Å². The Balaban J connectivity index is 2.28. The standard InChI is InChI=1S/C16H16BrF2NO/c1-9-5-11(6-10(2)20)3-4-14(9)21-15-8-12(17)7-13(18)16(15)19/h3-5,7-8,10H,6,20H2,1-2H3. The lowest BCUT2D eigenvalue weighted by Gasteiger charge is -2.12. The molecule has 0 radical (unpaired) electrons. The van der Waals surface area contributed by atoms with Gasteiger partial charge in [-0.15, -0.1) is 0 Å². The Hall–Kier alpha value is -1.46. The topological polar surface area (TPSA) is 35.2 Å². The van der Waals surface area contributed by atoms with Gasteiger partial charge in [-0.3, -0.25) is 0 Å². The van der Waals surface area contributed by atoms with Gasteiger partial charge in [0.15, 0.2) is 11.6 Å². The Labute approximate surface area is 131 Å². The van der Waals surface area contributed by atoms with E-state index in [1.165, 1.54) is 6.07 Å². The van der Waals surface area contributed by atoms with E-state index in [2.05, 4.69) is 15.9 Å². The van der Waals surface area contributed by atoms with Crippen molar-refractivity contribution in [3.63, 3.8) is 0 Å². The van der Waals surface area contributed by atoms with E-state index in [1.54, 1.807) is 6.07 Å². The van der Waals surface area contributed by atoms with Gasteiger partial charge in [0.2, 0.25) is 5.82 Å². The van der Waals surface area contributed by atoms with Crippen molar-refractivity contribution in [2.24, 2.45) is 5.73 Å². The molecule has 2 aromatic rings. The molecule has 2 rings (SSSR count). The maximum atomic E-state index is 13.7. The summed E-state index contributed by atoms with van der Waals surface area (Å²) in [6, 6.07) is 8.07. The third-order valence-corrected chi connectivity index (χ3v) is 3.43. The minimum atomic E-state index is -1.00. The molecule has 5 heteroatoms. The second kappa shape index (κ2) is 6.54. The van der Waals surface area contributed by atoms with Crippen LogP contribution in [0.25, 0.3) is 0 Å². The van der Waals surface area contributed by atoms with Crippen LogP contribution in [0.3, 0.4) is 0 Å². The second-order valence-corrected chi connectivity index (χ2v) is 6.00. The number of ether oxygens (including phenoxy) is 1. The number of nitrogens with two attached hydrogens (primary N) is 1. The van der Waals surface area contributed by atoms with E-state index in [-0.39, 0.29) is 11.8 Å². The van der Waals surface area contributed by atoms with Gasteiger partial charge in [-0.2, -0.15) is 4.39 Å². The summed E-state index contributed by atoms with van der Waals surface area (Å²) in [4.78, 5) is 0. The van der Waals surface area contributed by atoms with Crippen molar-refractivity contribution in [3.05, 3.63) is 57.6 Å². The first-order valence-corrected chi connectivity index (χ1v) is 7.33. The van der Waals surface area contributed by atoms with Crippen LogP contribution in [-0.4, -0.2) is 6.04 Å². The molecule has 2 N–H and O–H groups in total. The first kappa shape index (κ1) is 15.9. The lowest BCUT2D eigenvalue weighted by Crippen LogP contribution is -2.17. The minimum Gasteiger partial charge on any atom is -0.454 e. The zero-order valence-electron chi connectivity index (χ0n) is 11.8. The molecule has 0 saturated carbocycles. The number of rotatable bonds is 4. The van der Waals surface area contributed by atoms with E-state index in [9.17, 15) is 8.78 Å². The summed E-state index contributed by atoms with van der Waals surface area (Å²) in [7, 11) is 0. The van der Waals surface area contributed by atoms with E-state index >= 15 is 0 Å². The van der Waals surface area contributed by atoms with Crippen molar-refractivity contribution in [2.75, 3.05) is 0 Å². The number of hydrogen-bond donors (Lipinski definition) is 1. The summed E-state index contributed by atoms with van der Waals surface area (Å²) < 4.78 is 33.0. The molecule has 0 saturated heterocycles. The number of aryl methyl sites for hydroxylation is 1. The maximum Gasteiger partial charge on any atom is 0.201 e. The van der Waals surface area contributed by atoms with Gasteiger partial charge in [-0.05, 0) is 49.6 Å². The molecule has 2 nitrogen and oxygen atoms in total. The maximum absolute atomic E-state index is 13.7. The Kier molecular flexibility index (Phi) is 4.96. The van der Waals surface area contributed by atoms with Crippen LogP contribution in [0.5, 0.6) is 11.5 Å². The average molecular weight is 356 g/mol. The first-order valence-electron chi connectivity index (χ1n) is 6.54. The van der Waals surface area contributed by atoms with E-state index in [0.29, 0.717) is 10.2 Å². The smallest absolute Gasteiger partial charge is 0.201 e. The van der Waals surface area contributed by atoms with Gasteiger partial charge in [0, 0.05) is 10.5 Å². The predicted octanol–water partition coefficient (Wildman–Crippen LogP) is 4.72. The number of benzene rings is 2. The fourth-order valence-corrected chi connectivity index (χ4v) is 2.46. The molecular weight excluding hydrogens is 340 g/mol. The quantitative estimate of drug-likeness (QED) is 0.805. The molecule has 0 aromatic heterocycles. The number of hydrogen-bond acceptors (Lipinski definition) is 2. The molecule has 0 bridgehead atoms. The molecular formula is C16H16BrF2NO. The van der Waals surface area contributed by atoms with Gasteiger partial charge in [-0.1, -0.05) is 28.1 Å². The largest absolute Gasteiger partial charge is 0.454 e. The van der Waals surface area contributed by atoms with Gasteiger partial charge in [0.25, 0.3) is 0 Å². The third kappa shape index (κ3) is 4.02. The highest BCUT2D eigenvalue weighted by Gasteiger charge is 2.13. The summed E-state index contributed by atoms with van der Waals surface area (Å²) >= 11 is 3.12. The SMILES string of the molecule is Cc1cc(CC(C)N)ccc1Oc1cc(Br)cc(F)c1F. The van der Waals surface area contributed by atoms with E-state index in [0.717, 1.165) is 23.6 Å². The minimum absolute atomic E-state index is 0.0628. The molecule has 0 aliphatic carbocycles. The van der Waals surface area contributed by atoms with Gasteiger partial charge in [0.05, 0.1) is 0 Å². The highest BCUT2D eigenvalue weighted by molar-refractivity contribution is 9.10. The Morgan fingerprint density at radius 3 is 2.52 bits per heavy atom. The molecule has 0 heterocycles. The van der Waals surface area contributed by atoms with Gasteiger partial charge < -0.3 is 10.5 Å². The fourth-order valence-electron chi connectivity index (χ4n) is 2.05. The van der Waals surface area contributed by atoms with Crippen molar-refractivity contribution >= 4 is 15.9 Å². The zero-order chi connectivity index (χ0) is 15.6. The third-order valence-electron chi connectivity index (χ3n) is 2.98. The average Bonchev–Trinajstić information content (AvgIpc) is 2.37. The van der Waals surface area contributed by atoms with Crippen LogP contribution in [-0.2, 0) is 6.42 Å². The monoisotopic (exact) mass is 355 g/mol. The highest BCUT2D eigenvalue weighted by Crippen LogP contribution is 2.31. The Bertz CT molecular complexity index is 659. The Morgan fingerprint density at radius 2 is 1.90 bits per heavy atom. The van der Waals surface area contributed by atoms with E-state index < -0.39 is 11.6 Å². The molecule has 0 fully saturated rings. The lowest BCUT2D eigenvalue weighted by atomic mass is 10.0. The normalized spacial score (nSPS) is 12.3. The molecule has 2 aromatic carbocycles.